The lowest BCUT2D eigenvalue weighted by Crippen LogP contribution is -2.11. The van der Waals surface area contributed by atoms with E-state index in [1.165, 1.54) is 19.2 Å². The van der Waals surface area contributed by atoms with E-state index in [0.717, 1.165) is 12.1 Å². The smallest absolute Gasteiger partial charge is 0.451 e. The van der Waals surface area contributed by atoms with E-state index in [-0.39, 0.29) is 17.0 Å². The van der Waals surface area contributed by atoms with Crippen LogP contribution in [0.3, 0.4) is 0 Å². The van der Waals surface area contributed by atoms with Gasteiger partial charge in [0.2, 0.25) is 5.82 Å². The summed E-state index contributed by atoms with van der Waals surface area (Å²) < 4.78 is 56.4. The van der Waals surface area contributed by atoms with Crippen molar-refractivity contribution in [3.8, 4) is 17.0 Å². The summed E-state index contributed by atoms with van der Waals surface area (Å²) in [6.45, 7) is 0. The molecule has 0 fully saturated rings. The topological polar surface area (TPSA) is 35.0 Å². The monoisotopic (exact) mass is 306 g/mol. The number of ether oxygens (including phenoxy) is 1. The molecule has 0 saturated heterocycles. The van der Waals surface area contributed by atoms with E-state index in [4.69, 9.17) is 16.3 Å². The standard InChI is InChI=1S/C12H7ClF4N2O/c1-20-6-2-3-7(8(14)4-6)9-5-10(13)19-11(18-9)12(15,16)17/h2-5H,1H3. The van der Waals surface area contributed by atoms with Gasteiger partial charge in [-0.25, -0.2) is 14.4 Å². The highest BCUT2D eigenvalue weighted by Gasteiger charge is 2.35. The molecule has 0 atom stereocenters. The van der Waals surface area contributed by atoms with Crippen LogP contribution in [0.25, 0.3) is 11.3 Å². The molecule has 0 saturated carbocycles. The molecule has 0 bridgehead atoms. The van der Waals surface area contributed by atoms with Gasteiger partial charge in [-0.3, -0.25) is 0 Å². The van der Waals surface area contributed by atoms with Gasteiger partial charge in [0.1, 0.15) is 16.7 Å². The molecule has 1 heterocycles. The Labute approximate surface area is 116 Å². The maximum absolute atomic E-state index is 13.8. The molecule has 0 aliphatic heterocycles. The van der Waals surface area contributed by atoms with Gasteiger partial charge in [0.15, 0.2) is 0 Å². The van der Waals surface area contributed by atoms with Crippen molar-refractivity contribution in [2.75, 3.05) is 7.11 Å². The lowest BCUT2D eigenvalue weighted by atomic mass is 10.1. The summed E-state index contributed by atoms with van der Waals surface area (Å²) in [5, 5.41) is -0.419. The second-order valence-electron chi connectivity index (χ2n) is 3.74. The Kier molecular flexibility index (Phi) is 3.80. The van der Waals surface area contributed by atoms with Crippen LogP contribution in [-0.2, 0) is 6.18 Å². The lowest BCUT2D eigenvalue weighted by molar-refractivity contribution is -0.144. The van der Waals surface area contributed by atoms with Crippen LogP contribution < -0.4 is 4.74 Å². The molecule has 0 aliphatic carbocycles. The molecule has 8 heteroatoms. The van der Waals surface area contributed by atoms with E-state index in [9.17, 15) is 17.6 Å². The molecule has 1 aromatic carbocycles. The van der Waals surface area contributed by atoms with E-state index >= 15 is 0 Å². The Hall–Kier alpha value is -1.89. The number of halogens is 5. The van der Waals surface area contributed by atoms with Gasteiger partial charge in [0, 0.05) is 17.7 Å². The van der Waals surface area contributed by atoms with Crippen molar-refractivity contribution in [2.45, 2.75) is 6.18 Å². The van der Waals surface area contributed by atoms with E-state index in [1.807, 2.05) is 0 Å². The molecule has 0 radical (unpaired) electrons. The summed E-state index contributed by atoms with van der Waals surface area (Å²) in [6.07, 6.45) is -4.76. The van der Waals surface area contributed by atoms with E-state index < -0.39 is 23.0 Å². The van der Waals surface area contributed by atoms with Crippen molar-refractivity contribution in [3.63, 3.8) is 0 Å². The molecule has 0 aliphatic rings. The fraction of sp³-hybridized carbons (Fsp3) is 0.167. The first-order valence-corrected chi connectivity index (χ1v) is 5.65. The molecule has 0 unspecified atom stereocenters. The average molecular weight is 307 g/mol. The first-order valence-electron chi connectivity index (χ1n) is 5.27. The first-order chi connectivity index (χ1) is 9.31. The fourth-order valence-electron chi connectivity index (χ4n) is 1.51. The van der Waals surface area contributed by atoms with Gasteiger partial charge >= 0.3 is 6.18 Å². The molecule has 106 valence electrons. The van der Waals surface area contributed by atoms with Crippen molar-refractivity contribution >= 4 is 11.6 Å². The largest absolute Gasteiger partial charge is 0.497 e. The predicted octanol–water partition coefficient (Wildman–Crippen LogP) is 3.96. The highest BCUT2D eigenvalue weighted by atomic mass is 35.5. The minimum atomic E-state index is -4.76. The molecule has 2 rings (SSSR count). The fourth-order valence-corrected chi connectivity index (χ4v) is 1.70. The number of alkyl halides is 3. The maximum atomic E-state index is 13.8. The van der Waals surface area contributed by atoms with Crippen molar-refractivity contribution in [2.24, 2.45) is 0 Å². The van der Waals surface area contributed by atoms with Crippen LogP contribution in [0, 0.1) is 5.82 Å². The highest BCUT2D eigenvalue weighted by Crippen LogP contribution is 2.31. The summed E-state index contributed by atoms with van der Waals surface area (Å²) in [6, 6.07) is 4.76. The molecular formula is C12H7ClF4N2O. The lowest BCUT2D eigenvalue weighted by Gasteiger charge is -2.09. The van der Waals surface area contributed by atoms with Crippen LogP contribution in [-0.4, -0.2) is 17.1 Å². The van der Waals surface area contributed by atoms with Gasteiger partial charge in [-0.1, -0.05) is 11.6 Å². The Morgan fingerprint density at radius 2 is 1.85 bits per heavy atom. The van der Waals surface area contributed by atoms with Crippen LogP contribution in [0.1, 0.15) is 5.82 Å². The number of benzene rings is 1. The van der Waals surface area contributed by atoms with Crippen LogP contribution >= 0.6 is 11.6 Å². The summed E-state index contributed by atoms with van der Waals surface area (Å²) in [5.74, 6) is -1.95. The Bertz CT molecular complexity index is 646. The third kappa shape index (κ3) is 2.98. The zero-order valence-electron chi connectivity index (χ0n) is 10.0. The van der Waals surface area contributed by atoms with Gasteiger partial charge in [-0.05, 0) is 12.1 Å². The zero-order chi connectivity index (χ0) is 14.9. The molecule has 3 nitrogen and oxygen atoms in total. The number of rotatable bonds is 2. The minimum absolute atomic E-state index is 0.124. The normalized spacial score (nSPS) is 11.5. The first kappa shape index (κ1) is 14.5. The number of nitrogens with zero attached hydrogens (tertiary/aromatic N) is 2. The molecule has 1 aromatic heterocycles. The van der Waals surface area contributed by atoms with Crippen LogP contribution in [0.2, 0.25) is 5.15 Å². The molecule has 0 amide bonds. The summed E-state index contributed by atoms with van der Waals surface area (Å²) in [5.41, 5.74) is -0.377. The third-order valence-electron chi connectivity index (χ3n) is 2.40. The molecule has 0 spiro atoms. The van der Waals surface area contributed by atoms with Gasteiger partial charge < -0.3 is 4.74 Å². The van der Waals surface area contributed by atoms with E-state index in [0.29, 0.717) is 0 Å². The number of aromatic nitrogens is 2. The summed E-state index contributed by atoms with van der Waals surface area (Å²) in [7, 11) is 1.34. The SMILES string of the molecule is COc1ccc(-c2cc(Cl)nc(C(F)(F)F)n2)c(F)c1. The second kappa shape index (κ2) is 5.24. The van der Waals surface area contributed by atoms with E-state index in [2.05, 4.69) is 9.97 Å². The average Bonchev–Trinajstić information content (AvgIpc) is 2.36. The van der Waals surface area contributed by atoms with Crippen LogP contribution in [0.4, 0.5) is 17.6 Å². The van der Waals surface area contributed by atoms with Gasteiger partial charge in [-0.15, -0.1) is 0 Å². The minimum Gasteiger partial charge on any atom is -0.497 e. The van der Waals surface area contributed by atoms with Crippen molar-refractivity contribution in [1.29, 1.82) is 0 Å². The van der Waals surface area contributed by atoms with Crippen molar-refractivity contribution in [1.82, 2.24) is 9.97 Å². The summed E-state index contributed by atoms with van der Waals surface area (Å²) >= 11 is 5.52. The number of hydrogen-bond acceptors (Lipinski definition) is 3. The van der Waals surface area contributed by atoms with Crippen molar-refractivity contribution in [3.05, 3.63) is 41.1 Å². The molecule has 20 heavy (non-hydrogen) atoms. The molecule has 0 N–H and O–H groups in total. The Morgan fingerprint density at radius 1 is 1.15 bits per heavy atom. The van der Waals surface area contributed by atoms with E-state index in [1.54, 1.807) is 0 Å². The number of methoxy groups -OCH3 is 1. The second-order valence-corrected chi connectivity index (χ2v) is 4.13. The Morgan fingerprint density at radius 3 is 2.40 bits per heavy atom. The summed E-state index contributed by atoms with van der Waals surface area (Å²) in [4.78, 5) is 6.37. The number of hydrogen-bond donors (Lipinski definition) is 0. The van der Waals surface area contributed by atoms with Crippen LogP contribution in [0.15, 0.2) is 24.3 Å². The predicted molar refractivity (Wildman–Crippen MR) is 64.0 cm³/mol. The van der Waals surface area contributed by atoms with Gasteiger partial charge in [-0.2, -0.15) is 13.2 Å². The maximum Gasteiger partial charge on any atom is 0.451 e. The van der Waals surface area contributed by atoms with Gasteiger partial charge in [0.05, 0.1) is 12.8 Å². The van der Waals surface area contributed by atoms with Gasteiger partial charge in [0.25, 0.3) is 0 Å². The highest BCUT2D eigenvalue weighted by molar-refractivity contribution is 6.29. The quantitative estimate of drug-likeness (QED) is 0.622. The van der Waals surface area contributed by atoms with Crippen LogP contribution in [0.5, 0.6) is 5.75 Å². The molecule has 2 aromatic rings. The zero-order valence-corrected chi connectivity index (χ0v) is 10.8. The van der Waals surface area contributed by atoms with Crippen molar-refractivity contribution < 1.29 is 22.3 Å². The Balaban J connectivity index is 2.55. The molecular weight excluding hydrogens is 300 g/mol. The third-order valence-corrected chi connectivity index (χ3v) is 2.59.